The Morgan fingerprint density at radius 3 is 2.52 bits per heavy atom. The number of benzene rings is 1. The molecule has 3 rings (SSSR count). The Morgan fingerprint density at radius 2 is 1.96 bits per heavy atom. The van der Waals surface area contributed by atoms with Gasteiger partial charge >= 0.3 is 0 Å². The minimum Gasteiger partial charge on any atom is -0.344 e. The Bertz CT molecular complexity index is 784. The van der Waals surface area contributed by atoms with E-state index >= 15 is 0 Å². The maximum atomic E-state index is 12.4. The van der Waals surface area contributed by atoms with Gasteiger partial charge in [0, 0.05) is 7.05 Å². The monoisotopic (exact) mass is 310 g/mol. The maximum absolute atomic E-state index is 12.4. The van der Waals surface area contributed by atoms with Crippen LogP contribution in [-0.2, 0) is 7.05 Å². The molecule has 118 valence electrons. The SMILES string of the molecule is Cc1ncn(C)c1C(=O)N[C@@H](C)c1ccc(-n2cncn2)cc1. The average Bonchev–Trinajstić information content (AvgIpc) is 3.17. The van der Waals surface area contributed by atoms with E-state index in [1.165, 1.54) is 6.33 Å². The van der Waals surface area contributed by atoms with Gasteiger partial charge in [0.1, 0.15) is 18.3 Å². The Balaban J connectivity index is 1.73. The molecule has 0 spiro atoms. The van der Waals surface area contributed by atoms with E-state index < -0.39 is 0 Å². The van der Waals surface area contributed by atoms with Crippen LogP contribution in [0.3, 0.4) is 0 Å². The number of nitrogens with zero attached hydrogens (tertiary/aromatic N) is 5. The molecule has 0 aliphatic heterocycles. The molecule has 1 atom stereocenters. The summed E-state index contributed by atoms with van der Waals surface area (Å²) >= 11 is 0. The lowest BCUT2D eigenvalue weighted by molar-refractivity contribution is 0.0931. The van der Waals surface area contributed by atoms with E-state index in [2.05, 4.69) is 20.4 Å². The van der Waals surface area contributed by atoms with Crippen LogP contribution in [0.1, 0.15) is 34.7 Å². The van der Waals surface area contributed by atoms with Gasteiger partial charge in [0.15, 0.2) is 0 Å². The summed E-state index contributed by atoms with van der Waals surface area (Å²) in [5, 5.41) is 7.09. The van der Waals surface area contributed by atoms with Gasteiger partial charge in [0.25, 0.3) is 5.91 Å². The van der Waals surface area contributed by atoms with Crippen LogP contribution >= 0.6 is 0 Å². The van der Waals surface area contributed by atoms with Gasteiger partial charge in [-0.3, -0.25) is 4.79 Å². The zero-order valence-corrected chi connectivity index (χ0v) is 13.3. The molecule has 0 aliphatic rings. The van der Waals surface area contributed by atoms with Crippen LogP contribution in [0.15, 0.2) is 43.2 Å². The Kier molecular flexibility index (Phi) is 3.92. The highest BCUT2D eigenvalue weighted by Gasteiger charge is 2.17. The highest BCUT2D eigenvalue weighted by molar-refractivity contribution is 5.93. The van der Waals surface area contributed by atoms with Crippen LogP contribution in [0.25, 0.3) is 5.69 Å². The first-order chi connectivity index (χ1) is 11.1. The van der Waals surface area contributed by atoms with Crippen LogP contribution in [0.2, 0.25) is 0 Å². The third kappa shape index (κ3) is 2.98. The summed E-state index contributed by atoms with van der Waals surface area (Å²) in [6.07, 6.45) is 4.78. The lowest BCUT2D eigenvalue weighted by atomic mass is 10.1. The van der Waals surface area contributed by atoms with Gasteiger partial charge in [-0.2, -0.15) is 5.10 Å². The number of hydrogen-bond acceptors (Lipinski definition) is 4. The molecule has 1 amide bonds. The van der Waals surface area contributed by atoms with Crippen molar-refractivity contribution in [2.75, 3.05) is 0 Å². The second-order valence-corrected chi connectivity index (χ2v) is 5.42. The maximum Gasteiger partial charge on any atom is 0.270 e. The highest BCUT2D eigenvalue weighted by atomic mass is 16.2. The zero-order valence-electron chi connectivity index (χ0n) is 13.3. The second-order valence-electron chi connectivity index (χ2n) is 5.42. The van der Waals surface area contributed by atoms with Crippen LogP contribution in [0, 0.1) is 6.92 Å². The molecule has 7 nitrogen and oxygen atoms in total. The number of aryl methyl sites for hydroxylation is 2. The fourth-order valence-electron chi connectivity index (χ4n) is 2.48. The van der Waals surface area contributed by atoms with Crippen molar-refractivity contribution in [3.05, 3.63) is 60.2 Å². The van der Waals surface area contributed by atoms with Gasteiger partial charge in [0.2, 0.25) is 0 Å². The molecule has 1 N–H and O–H groups in total. The van der Waals surface area contributed by atoms with Crippen LogP contribution in [0.4, 0.5) is 0 Å². The topological polar surface area (TPSA) is 77.6 Å². The second kappa shape index (κ2) is 6.04. The molecular weight excluding hydrogens is 292 g/mol. The van der Waals surface area contributed by atoms with Gasteiger partial charge in [-0.05, 0) is 31.5 Å². The van der Waals surface area contributed by atoms with E-state index in [-0.39, 0.29) is 11.9 Å². The quantitative estimate of drug-likeness (QED) is 0.797. The van der Waals surface area contributed by atoms with Crippen molar-refractivity contribution in [3.8, 4) is 5.69 Å². The average molecular weight is 310 g/mol. The molecule has 0 saturated heterocycles. The first kappa shape index (κ1) is 15.0. The van der Waals surface area contributed by atoms with Gasteiger partial charge < -0.3 is 9.88 Å². The van der Waals surface area contributed by atoms with Crippen LogP contribution < -0.4 is 5.32 Å². The fraction of sp³-hybridized carbons (Fsp3) is 0.250. The molecule has 2 heterocycles. The van der Waals surface area contributed by atoms with Gasteiger partial charge in [-0.1, -0.05) is 12.1 Å². The molecule has 0 unspecified atom stereocenters. The predicted octanol–water partition coefficient (Wildman–Crippen LogP) is 1.80. The number of rotatable bonds is 4. The van der Waals surface area contributed by atoms with E-state index in [9.17, 15) is 4.79 Å². The summed E-state index contributed by atoms with van der Waals surface area (Å²) in [4.78, 5) is 20.5. The summed E-state index contributed by atoms with van der Waals surface area (Å²) in [5.41, 5.74) is 3.24. The third-order valence-corrected chi connectivity index (χ3v) is 3.76. The molecule has 0 fully saturated rings. The normalized spacial score (nSPS) is 12.1. The predicted molar refractivity (Wildman–Crippen MR) is 85.2 cm³/mol. The summed E-state index contributed by atoms with van der Waals surface area (Å²) in [6, 6.07) is 7.72. The van der Waals surface area contributed by atoms with Crippen molar-refractivity contribution in [2.45, 2.75) is 19.9 Å². The fourth-order valence-corrected chi connectivity index (χ4v) is 2.48. The molecule has 0 bridgehead atoms. The summed E-state index contributed by atoms with van der Waals surface area (Å²) in [5.74, 6) is -0.129. The van der Waals surface area contributed by atoms with Gasteiger partial charge in [-0.15, -0.1) is 0 Å². The number of nitrogens with one attached hydrogen (secondary N) is 1. The molecule has 0 aliphatic carbocycles. The number of hydrogen-bond donors (Lipinski definition) is 1. The standard InChI is InChI=1S/C16H18N6O/c1-11(20-16(23)15-12(2)18-10-21(15)3)13-4-6-14(7-5-13)22-9-17-8-19-22/h4-11H,1-3H3,(H,20,23)/t11-/m0/s1. The van der Waals surface area contributed by atoms with Crippen molar-refractivity contribution in [1.82, 2.24) is 29.6 Å². The van der Waals surface area contributed by atoms with Crippen molar-refractivity contribution < 1.29 is 4.79 Å². The third-order valence-electron chi connectivity index (χ3n) is 3.76. The smallest absolute Gasteiger partial charge is 0.270 e. The number of amides is 1. The minimum absolute atomic E-state index is 0.110. The van der Waals surface area contributed by atoms with Crippen molar-refractivity contribution in [3.63, 3.8) is 0 Å². The Labute approximate surface area is 134 Å². The number of carbonyl (C=O) groups excluding carboxylic acids is 1. The lowest BCUT2D eigenvalue weighted by Crippen LogP contribution is -2.28. The first-order valence-corrected chi connectivity index (χ1v) is 7.30. The molecule has 2 aromatic heterocycles. The van der Waals surface area contributed by atoms with E-state index in [0.717, 1.165) is 16.9 Å². The number of aromatic nitrogens is 5. The molecule has 3 aromatic rings. The van der Waals surface area contributed by atoms with Crippen molar-refractivity contribution in [2.24, 2.45) is 7.05 Å². The number of carbonyl (C=O) groups is 1. The largest absolute Gasteiger partial charge is 0.344 e. The van der Waals surface area contributed by atoms with Gasteiger partial charge in [0.05, 0.1) is 23.8 Å². The molecular formula is C16H18N6O. The molecule has 0 radical (unpaired) electrons. The Morgan fingerprint density at radius 1 is 1.22 bits per heavy atom. The molecule has 1 aromatic carbocycles. The van der Waals surface area contributed by atoms with Crippen LogP contribution in [0.5, 0.6) is 0 Å². The summed E-state index contributed by atoms with van der Waals surface area (Å²) in [6.45, 7) is 3.78. The summed E-state index contributed by atoms with van der Waals surface area (Å²) < 4.78 is 3.41. The van der Waals surface area contributed by atoms with E-state index in [0.29, 0.717) is 5.69 Å². The highest BCUT2D eigenvalue weighted by Crippen LogP contribution is 2.16. The molecule has 23 heavy (non-hydrogen) atoms. The van der Waals surface area contributed by atoms with E-state index in [1.807, 2.05) is 45.2 Å². The lowest BCUT2D eigenvalue weighted by Gasteiger charge is -2.15. The Hall–Kier alpha value is -2.96. The van der Waals surface area contributed by atoms with Crippen molar-refractivity contribution in [1.29, 1.82) is 0 Å². The first-order valence-electron chi connectivity index (χ1n) is 7.30. The number of imidazole rings is 1. The van der Waals surface area contributed by atoms with E-state index in [1.54, 1.807) is 21.9 Å². The molecule has 0 saturated carbocycles. The van der Waals surface area contributed by atoms with Crippen LogP contribution in [-0.4, -0.2) is 30.2 Å². The van der Waals surface area contributed by atoms with Gasteiger partial charge in [-0.25, -0.2) is 14.6 Å². The summed E-state index contributed by atoms with van der Waals surface area (Å²) in [7, 11) is 1.81. The molecule has 7 heteroatoms. The zero-order chi connectivity index (χ0) is 16.4. The van der Waals surface area contributed by atoms with E-state index in [4.69, 9.17) is 0 Å². The minimum atomic E-state index is -0.129. The van der Waals surface area contributed by atoms with Crippen molar-refractivity contribution >= 4 is 5.91 Å².